The van der Waals surface area contributed by atoms with Gasteiger partial charge in [0.25, 0.3) is 0 Å². The van der Waals surface area contributed by atoms with E-state index < -0.39 is 0 Å². The van der Waals surface area contributed by atoms with E-state index in [1.807, 2.05) is 12.1 Å². The average Bonchev–Trinajstić information content (AvgIpc) is 2.36. The van der Waals surface area contributed by atoms with Crippen LogP contribution < -0.4 is 5.32 Å². The maximum Gasteiger partial charge on any atom is 0.0551 e. The molecule has 0 aromatic heterocycles. The zero-order valence-corrected chi connectivity index (χ0v) is 13.6. The minimum Gasteiger partial charge on any atom is -0.310 e. The van der Waals surface area contributed by atoms with Crippen molar-refractivity contribution in [2.45, 2.75) is 58.5 Å². The molecule has 18 heavy (non-hydrogen) atoms. The summed E-state index contributed by atoms with van der Waals surface area (Å²) in [5.41, 5.74) is 1.24. The van der Waals surface area contributed by atoms with Crippen LogP contribution in [0.5, 0.6) is 0 Å². The molecule has 0 aliphatic heterocycles. The standard InChI is InChI=1S/C15H23BrClN/c1-3-4-5-6-7-12(2)18-11-13-8-9-14(16)15(17)10-13/h8-10,12,18H,3-7,11H2,1-2H3. The van der Waals surface area contributed by atoms with Crippen molar-refractivity contribution in [2.24, 2.45) is 0 Å². The molecule has 1 nitrogen and oxygen atoms in total. The first kappa shape index (κ1) is 16.0. The Morgan fingerprint density at radius 3 is 2.72 bits per heavy atom. The van der Waals surface area contributed by atoms with Crippen LogP contribution in [0.15, 0.2) is 22.7 Å². The first-order chi connectivity index (χ1) is 8.63. The largest absolute Gasteiger partial charge is 0.310 e. The van der Waals surface area contributed by atoms with E-state index in [2.05, 4.69) is 41.2 Å². The van der Waals surface area contributed by atoms with E-state index >= 15 is 0 Å². The highest BCUT2D eigenvalue weighted by Crippen LogP contribution is 2.23. The van der Waals surface area contributed by atoms with Crippen molar-refractivity contribution in [1.82, 2.24) is 5.32 Å². The Morgan fingerprint density at radius 1 is 1.28 bits per heavy atom. The minimum atomic E-state index is 0.573. The van der Waals surface area contributed by atoms with Crippen LogP contribution in [0.2, 0.25) is 5.02 Å². The quantitative estimate of drug-likeness (QED) is 0.615. The molecule has 102 valence electrons. The fourth-order valence-corrected chi connectivity index (χ4v) is 2.37. The number of halogens is 2. The first-order valence-corrected chi connectivity index (χ1v) is 7.98. The van der Waals surface area contributed by atoms with Crippen LogP contribution in [0.1, 0.15) is 51.5 Å². The topological polar surface area (TPSA) is 12.0 Å². The van der Waals surface area contributed by atoms with Crippen LogP contribution in [-0.2, 0) is 6.54 Å². The van der Waals surface area contributed by atoms with E-state index in [-0.39, 0.29) is 0 Å². The lowest BCUT2D eigenvalue weighted by atomic mass is 10.1. The van der Waals surface area contributed by atoms with Gasteiger partial charge in [0.2, 0.25) is 0 Å². The van der Waals surface area contributed by atoms with Crippen LogP contribution in [0.25, 0.3) is 0 Å². The molecule has 0 aliphatic rings. The summed E-state index contributed by atoms with van der Waals surface area (Å²) >= 11 is 9.48. The molecule has 1 aromatic rings. The third kappa shape index (κ3) is 6.21. The summed E-state index contributed by atoms with van der Waals surface area (Å²) in [5, 5.41) is 4.33. The van der Waals surface area contributed by atoms with E-state index in [9.17, 15) is 0 Å². The lowest BCUT2D eigenvalue weighted by Crippen LogP contribution is -2.25. The van der Waals surface area contributed by atoms with Gasteiger partial charge >= 0.3 is 0 Å². The molecule has 1 unspecified atom stereocenters. The highest BCUT2D eigenvalue weighted by atomic mass is 79.9. The molecule has 1 N–H and O–H groups in total. The van der Waals surface area contributed by atoms with Gasteiger partial charge in [0.1, 0.15) is 0 Å². The second-order valence-electron chi connectivity index (χ2n) is 4.88. The second-order valence-corrected chi connectivity index (χ2v) is 6.14. The number of hydrogen-bond acceptors (Lipinski definition) is 1. The normalized spacial score (nSPS) is 12.7. The number of benzene rings is 1. The second kappa shape index (κ2) is 8.95. The monoisotopic (exact) mass is 331 g/mol. The molecule has 1 atom stereocenters. The zero-order valence-electron chi connectivity index (χ0n) is 11.3. The van der Waals surface area contributed by atoms with Gasteiger partial charge in [-0.3, -0.25) is 0 Å². The van der Waals surface area contributed by atoms with E-state index in [1.54, 1.807) is 0 Å². The van der Waals surface area contributed by atoms with Gasteiger partial charge in [-0.05, 0) is 47.0 Å². The maximum atomic E-state index is 6.07. The van der Waals surface area contributed by atoms with Gasteiger partial charge < -0.3 is 5.32 Å². The van der Waals surface area contributed by atoms with Crippen molar-refractivity contribution in [3.05, 3.63) is 33.3 Å². The maximum absolute atomic E-state index is 6.07. The van der Waals surface area contributed by atoms with Gasteiger partial charge in [0.05, 0.1) is 5.02 Å². The molecule has 0 heterocycles. The summed E-state index contributed by atoms with van der Waals surface area (Å²) in [7, 11) is 0. The molecule has 0 aliphatic carbocycles. The van der Waals surface area contributed by atoms with E-state index in [4.69, 9.17) is 11.6 Å². The average molecular weight is 333 g/mol. The van der Waals surface area contributed by atoms with Gasteiger partial charge in [-0.2, -0.15) is 0 Å². The Morgan fingerprint density at radius 2 is 2.06 bits per heavy atom. The third-order valence-electron chi connectivity index (χ3n) is 3.13. The Hall–Kier alpha value is -0.0500. The molecule has 1 rings (SSSR count). The summed E-state index contributed by atoms with van der Waals surface area (Å²) in [6.07, 6.45) is 6.59. The smallest absolute Gasteiger partial charge is 0.0551 e. The molecular weight excluding hydrogens is 310 g/mol. The summed E-state index contributed by atoms with van der Waals surface area (Å²) in [6, 6.07) is 6.70. The molecular formula is C15H23BrClN. The Kier molecular flexibility index (Phi) is 7.96. The highest BCUT2D eigenvalue weighted by molar-refractivity contribution is 9.10. The molecule has 0 amide bonds. The van der Waals surface area contributed by atoms with E-state index in [0.717, 1.165) is 16.0 Å². The number of nitrogens with one attached hydrogen (secondary N) is 1. The number of rotatable bonds is 8. The van der Waals surface area contributed by atoms with Crippen molar-refractivity contribution >= 4 is 27.5 Å². The third-order valence-corrected chi connectivity index (χ3v) is 4.36. The van der Waals surface area contributed by atoms with E-state index in [1.165, 1.54) is 37.7 Å². The van der Waals surface area contributed by atoms with Gasteiger partial charge in [0.15, 0.2) is 0 Å². The van der Waals surface area contributed by atoms with Crippen molar-refractivity contribution in [2.75, 3.05) is 0 Å². The SMILES string of the molecule is CCCCCCC(C)NCc1ccc(Br)c(Cl)c1. The van der Waals surface area contributed by atoms with Gasteiger partial charge in [-0.1, -0.05) is 50.3 Å². The predicted molar refractivity (Wildman–Crippen MR) is 84.2 cm³/mol. The predicted octanol–water partition coefficient (Wildman–Crippen LogP) is 5.55. The Balaban J connectivity index is 2.24. The van der Waals surface area contributed by atoms with Gasteiger partial charge in [0, 0.05) is 17.1 Å². The number of hydrogen-bond donors (Lipinski definition) is 1. The molecule has 0 fully saturated rings. The van der Waals surface area contributed by atoms with Crippen molar-refractivity contribution < 1.29 is 0 Å². The highest BCUT2D eigenvalue weighted by Gasteiger charge is 2.03. The first-order valence-electron chi connectivity index (χ1n) is 6.80. The summed E-state index contributed by atoms with van der Waals surface area (Å²) in [5.74, 6) is 0. The van der Waals surface area contributed by atoms with Crippen molar-refractivity contribution in [3.63, 3.8) is 0 Å². The molecule has 0 spiro atoms. The summed E-state index contributed by atoms with van der Waals surface area (Å²) < 4.78 is 0.959. The van der Waals surface area contributed by atoms with Gasteiger partial charge in [-0.25, -0.2) is 0 Å². The molecule has 0 saturated heterocycles. The Labute approximate surface area is 124 Å². The molecule has 0 radical (unpaired) electrons. The van der Waals surface area contributed by atoms with E-state index in [0.29, 0.717) is 6.04 Å². The fraction of sp³-hybridized carbons (Fsp3) is 0.600. The van der Waals surface area contributed by atoms with Crippen molar-refractivity contribution in [1.29, 1.82) is 0 Å². The van der Waals surface area contributed by atoms with Crippen LogP contribution in [0.4, 0.5) is 0 Å². The fourth-order valence-electron chi connectivity index (χ4n) is 1.92. The lowest BCUT2D eigenvalue weighted by molar-refractivity contribution is 0.482. The minimum absolute atomic E-state index is 0.573. The number of unbranched alkanes of at least 4 members (excludes halogenated alkanes) is 3. The van der Waals surface area contributed by atoms with Crippen LogP contribution in [0.3, 0.4) is 0 Å². The summed E-state index contributed by atoms with van der Waals surface area (Å²) in [6.45, 7) is 5.40. The molecule has 1 aromatic carbocycles. The van der Waals surface area contributed by atoms with Gasteiger partial charge in [-0.15, -0.1) is 0 Å². The van der Waals surface area contributed by atoms with Crippen LogP contribution >= 0.6 is 27.5 Å². The van der Waals surface area contributed by atoms with Crippen LogP contribution in [0, 0.1) is 0 Å². The molecule has 3 heteroatoms. The Bertz CT molecular complexity index is 354. The molecule has 0 saturated carbocycles. The zero-order chi connectivity index (χ0) is 13.4. The summed E-state index contributed by atoms with van der Waals surface area (Å²) in [4.78, 5) is 0. The molecule has 0 bridgehead atoms. The van der Waals surface area contributed by atoms with Crippen LogP contribution in [-0.4, -0.2) is 6.04 Å². The lowest BCUT2D eigenvalue weighted by Gasteiger charge is -2.14. The van der Waals surface area contributed by atoms with Crippen molar-refractivity contribution in [3.8, 4) is 0 Å².